The first-order chi connectivity index (χ1) is 16.8. The molecule has 3 aliphatic rings. The number of aromatic nitrogens is 3. The highest BCUT2D eigenvalue weighted by molar-refractivity contribution is 5.90. The number of ether oxygens (including phenoxy) is 1. The zero-order chi connectivity index (χ0) is 24.7. The van der Waals surface area contributed by atoms with Crippen LogP contribution >= 0.6 is 0 Å². The normalized spacial score (nSPS) is 21.1. The van der Waals surface area contributed by atoms with Gasteiger partial charge in [-0.15, -0.1) is 0 Å². The van der Waals surface area contributed by atoms with Gasteiger partial charge in [-0.1, -0.05) is 20.4 Å². The Kier molecular flexibility index (Phi) is 6.37. The van der Waals surface area contributed by atoms with Gasteiger partial charge < -0.3 is 19.9 Å². The molecule has 1 aliphatic carbocycles. The van der Waals surface area contributed by atoms with E-state index in [4.69, 9.17) is 9.72 Å². The Morgan fingerprint density at radius 1 is 1.14 bits per heavy atom. The van der Waals surface area contributed by atoms with Crippen LogP contribution in [0.25, 0.3) is 5.65 Å². The molecule has 1 atom stereocenters. The van der Waals surface area contributed by atoms with Crippen molar-refractivity contribution in [3.05, 3.63) is 35.9 Å². The molecule has 2 aliphatic heterocycles. The van der Waals surface area contributed by atoms with Crippen LogP contribution in [0.3, 0.4) is 0 Å². The number of likely N-dealkylation sites (tertiary alicyclic amines) is 2. The first kappa shape index (κ1) is 23.6. The molecule has 0 aromatic carbocycles. The van der Waals surface area contributed by atoms with Gasteiger partial charge >= 0.3 is 6.09 Å². The van der Waals surface area contributed by atoms with E-state index in [1.165, 1.54) is 17.7 Å². The maximum Gasteiger partial charge on any atom is 0.410 e. The van der Waals surface area contributed by atoms with E-state index in [0.717, 1.165) is 35.6 Å². The van der Waals surface area contributed by atoms with Crippen LogP contribution in [0.4, 0.5) is 15.0 Å². The van der Waals surface area contributed by atoms with Crippen LogP contribution in [0.1, 0.15) is 69.0 Å². The van der Waals surface area contributed by atoms with Crippen LogP contribution in [-0.4, -0.2) is 74.7 Å². The second-order valence-corrected chi connectivity index (χ2v) is 10.2. The molecule has 2 saturated heterocycles. The summed E-state index contributed by atoms with van der Waals surface area (Å²) in [5, 5.41) is 8.26. The number of amides is 2. The highest BCUT2D eigenvalue weighted by Gasteiger charge is 2.33. The van der Waals surface area contributed by atoms with Gasteiger partial charge in [-0.25, -0.2) is 14.2 Å². The van der Waals surface area contributed by atoms with Crippen LogP contribution in [0.15, 0.2) is 24.7 Å². The predicted molar refractivity (Wildman–Crippen MR) is 129 cm³/mol. The summed E-state index contributed by atoms with van der Waals surface area (Å²) in [5.41, 5.74) is 3.20. The van der Waals surface area contributed by atoms with Gasteiger partial charge in [0.25, 0.3) is 5.91 Å². The average Bonchev–Trinajstić information content (AvgIpc) is 3.43. The van der Waals surface area contributed by atoms with E-state index in [2.05, 4.69) is 36.9 Å². The number of fused-ring (bicyclic) bond motifs is 1. The van der Waals surface area contributed by atoms with E-state index in [0.29, 0.717) is 37.9 Å². The zero-order valence-electron chi connectivity index (χ0n) is 20.4. The monoisotopic (exact) mass is 484 g/mol. The third kappa shape index (κ3) is 4.97. The molecule has 3 fully saturated rings. The molecule has 0 unspecified atom stereocenters. The molecule has 4 heterocycles. The third-order valence-corrected chi connectivity index (χ3v) is 7.17. The lowest BCUT2D eigenvalue weighted by atomic mass is 10.1. The lowest BCUT2D eigenvalue weighted by molar-refractivity contribution is -0.128. The van der Waals surface area contributed by atoms with E-state index in [1.54, 1.807) is 4.90 Å². The first-order valence-electron chi connectivity index (χ1n) is 12.5. The summed E-state index contributed by atoms with van der Waals surface area (Å²) < 4.78 is 20.6. The molecule has 10 heteroatoms. The summed E-state index contributed by atoms with van der Waals surface area (Å²) in [5.74, 6) is 0.116. The minimum Gasteiger partial charge on any atom is -0.444 e. The molecule has 35 heavy (non-hydrogen) atoms. The Morgan fingerprint density at radius 3 is 2.51 bits per heavy atom. The van der Waals surface area contributed by atoms with Gasteiger partial charge in [0.1, 0.15) is 11.9 Å². The maximum atomic E-state index is 13.1. The van der Waals surface area contributed by atoms with Crippen LogP contribution in [0, 0.1) is 0 Å². The van der Waals surface area contributed by atoms with Crippen molar-refractivity contribution in [1.29, 1.82) is 0 Å². The molecule has 1 N–H and O–H groups in total. The molecule has 2 amide bonds. The number of hydrogen-bond acceptors (Lipinski definition) is 6. The molecule has 1 saturated carbocycles. The van der Waals surface area contributed by atoms with Crippen LogP contribution < -0.4 is 5.32 Å². The Balaban J connectivity index is 1.18. The van der Waals surface area contributed by atoms with Crippen molar-refractivity contribution in [2.24, 2.45) is 0 Å². The number of nitrogens with zero attached hydrogens (tertiary/aromatic N) is 5. The molecule has 0 radical (unpaired) electrons. The van der Waals surface area contributed by atoms with E-state index in [9.17, 15) is 14.0 Å². The van der Waals surface area contributed by atoms with Crippen molar-refractivity contribution in [2.45, 2.75) is 69.9 Å². The molecule has 9 nitrogen and oxygen atoms in total. The standard InChI is InChI=1S/C25H33FN6O3/c1-15(2)20-13-27-32-22(12-21(17-4-5-17)29-23(20)32)28-18-6-9-30(10-7-18)25(34)35-19-8-11-31(14-19)24(33)16(3)26/h12-13,15,17-19,28H,3-11,14H2,1-2H3/t19-/m0/s1. The van der Waals surface area contributed by atoms with Gasteiger partial charge in [0.05, 0.1) is 12.7 Å². The fourth-order valence-electron chi connectivity index (χ4n) is 4.91. The topological polar surface area (TPSA) is 92.1 Å². The fourth-order valence-corrected chi connectivity index (χ4v) is 4.91. The van der Waals surface area contributed by atoms with Crippen LogP contribution in [0.2, 0.25) is 0 Å². The van der Waals surface area contributed by atoms with Gasteiger partial charge in [-0.2, -0.15) is 9.61 Å². The third-order valence-electron chi connectivity index (χ3n) is 7.17. The average molecular weight is 485 g/mol. The highest BCUT2D eigenvalue weighted by atomic mass is 19.1. The van der Waals surface area contributed by atoms with Crippen LogP contribution in [0.5, 0.6) is 0 Å². The van der Waals surface area contributed by atoms with Gasteiger partial charge in [0.15, 0.2) is 11.5 Å². The predicted octanol–water partition coefficient (Wildman–Crippen LogP) is 3.83. The minimum atomic E-state index is -0.988. The summed E-state index contributed by atoms with van der Waals surface area (Å²) in [7, 11) is 0. The summed E-state index contributed by atoms with van der Waals surface area (Å²) in [6.07, 6.45) is 5.56. The highest BCUT2D eigenvalue weighted by Crippen LogP contribution is 2.40. The Morgan fingerprint density at radius 2 is 1.86 bits per heavy atom. The summed E-state index contributed by atoms with van der Waals surface area (Å²) in [4.78, 5) is 32.4. The Bertz CT molecular complexity index is 1140. The lowest BCUT2D eigenvalue weighted by Crippen LogP contribution is -2.44. The number of hydrogen-bond donors (Lipinski definition) is 1. The number of piperidine rings is 1. The molecule has 5 rings (SSSR count). The van der Waals surface area contributed by atoms with Gasteiger partial charge in [-0.3, -0.25) is 4.79 Å². The number of carbonyl (C=O) groups excluding carboxylic acids is 2. The van der Waals surface area contributed by atoms with Crippen molar-refractivity contribution in [3.8, 4) is 0 Å². The summed E-state index contributed by atoms with van der Waals surface area (Å²) in [6, 6.07) is 2.33. The SMILES string of the molecule is C=C(F)C(=O)N1CC[C@H](OC(=O)N2CCC(Nc3cc(C4CC4)nc4c(C(C)C)cnn34)CC2)C1. The Hall–Kier alpha value is -3.17. The second-order valence-electron chi connectivity index (χ2n) is 10.2. The number of nitrogens with one attached hydrogen (secondary N) is 1. The largest absolute Gasteiger partial charge is 0.444 e. The first-order valence-corrected chi connectivity index (χ1v) is 12.5. The van der Waals surface area contributed by atoms with E-state index >= 15 is 0 Å². The number of rotatable bonds is 6. The van der Waals surface area contributed by atoms with Crippen molar-refractivity contribution in [1.82, 2.24) is 24.4 Å². The van der Waals surface area contributed by atoms with E-state index in [1.807, 2.05) is 10.7 Å². The smallest absolute Gasteiger partial charge is 0.410 e. The fraction of sp³-hybridized carbons (Fsp3) is 0.600. The van der Waals surface area contributed by atoms with E-state index in [-0.39, 0.29) is 18.7 Å². The van der Waals surface area contributed by atoms with Crippen molar-refractivity contribution >= 4 is 23.5 Å². The number of carbonyl (C=O) groups is 2. The molecule has 2 aromatic heterocycles. The number of halogens is 1. The van der Waals surface area contributed by atoms with Gasteiger partial charge in [0, 0.05) is 55.3 Å². The summed E-state index contributed by atoms with van der Waals surface area (Å²) >= 11 is 0. The molecule has 188 valence electrons. The van der Waals surface area contributed by atoms with Gasteiger partial charge in [-0.05, 0) is 31.6 Å². The van der Waals surface area contributed by atoms with Crippen molar-refractivity contribution in [3.63, 3.8) is 0 Å². The molecule has 0 bridgehead atoms. The molecular formula is C25H33FN6O3. The van der Waals surface area contributed by atoms with E-state index < -0.39 is 17.8 Å². The molecule has 0 spiro atoms. The summed E-state index contributed by atoms with van der Waals surface area (Å²) in [6.45, 7) is 9.08. The van der Waals surface area contributed by atoms with Crippen molar-refractivity contribution < 1.29 is 18.7 Å². The lowest BCUT2D eigenvalue weighted by Gasteiger charge is -2.33. The minimum absolute atomic E-state index is 0.204. The second kappa shape index (κ2) is 9.47. The van der Waals surface area contributed by atoms with Crippen LogP contribution in [-0.2, 0) is 9.53 Å². The molecular weight excluding hydrogens is 451 g/mol. The van der Waals surface area contributed by atoms with Gasteiger partial charge in [0.2, 0.25) is 0 Å². The maximum absolute atomic E-state index is 13.1. The quantitative estimate of drug-likeness (QED) is 0.627. The molecule has 2 aromatic rings. The zero-order valence-corrected chi connectivity index (χ0v) is 20.4. The Labute approximate surface area is 204 Å². The van der Waals surface area contributed by atoms with Crippen molar-refractivity contribution in [2.75, 3.05) is 31.5 Å². The number of anilines is 1.